The molecule has 2 aromatic rings. The minimum absolute atomic E-state index is 0.273. The Hall–Kier alpha value is -2.60. The number of nitrogens with one attached hydrogen (secondary N) is 1. The van der Waals surface area contributed by atoms with Gasteiger partial charge >= 0.3 is 5.97 Å². The van der Waals surface area contributed by atoms with Crippen LogP contribution in [0.5, 0.6) is 5.75 Å². The number of amides is 1. The van der Waals surface area contributed by atoms with Crippen molar-refractivity contribution in [1.82, 2.24) is 0 Å². The number of hydrogen-bond donors (Lipinski definition) is 1. The maximum atomic E-state index is 12.0. The molecule has 0 aliphatic heterocycles. The number of anilines is 1. The first kappa shape index (κ1) is 16.8. The first-order chi connectivity index (χ1) is 11.0. The van der Waals surface area contributed by atoms with Crippen LogP contribution in [0.1, 0.15) is 20.8 Å². The second-order valence-electron chi connectivity index (χ2n) is 4.71. The molecule has 0 fully saturated rings. The summed E-state index contributed by atoms with van der Waals surface area (Å²) in [7, 11) is 2.92. The van der Waals surface area contributed by atoms with E-state index in [-0.39, 0.29) is 5.91 Å². The van der Waals surface area contributed by atoms with E-state index in [0.29, 0.717) is 9.88 Å². The van der Waals surface area contributed by atoms with E-state index in [4.69, 9.17) is 9.47 Å². The zero-order valence-electron chi connectivity index (χ0n) is 13.1. The van der Waals surface area contributed by atoms with Crippen LogP contribution in [0.3, 0.4) is 0 Å². The molecule has 0 bridgehead atoms. The average Bonchev–Trinajstić information content (AvgIpc) is 2.92. The van der Waals surface area contributed by atoms with Gasteiger partial charge in [0.15, 0.2) is 0 Å². The number of carbonyl (C=O) groups is 2. The Morgan fingerprint density at radius 3 is 2.70 bits per heavy atom. The Labute approximate surface area is 138 Å². The highest BCUT2D eigenvalue weighted by atomic mass is 32.1. The predicted octanol–water partition coefficient (Wildman–Crippen LogP) is 3.50. The van der Waals surface area contributed by atoms with Crippen molar-refractivity contribution in [2.75, 3.05) is 19.5 Å². The van der Waals surface area contributed by atoms with Crippen molar-refractivity contribution >= 4 is 34.3 Å². The van der Waals surface area contributed by atoms with Crippen LogP contribution in [0.15, 0.2) is 36.4 Å². The lowest BCUT2D eigenvalue weighted by molar-refractivity contribution is -0.111. The number of methoxy groups -OCH3 is 2. The molecule has 1 amide bonds. The van der Waals surface area contributed by atoms with Crippen LogP contribution >= 0.6 is 11.3 Å². The topological polar surface area (TPSA) is 64.6 Å². The van der Waals surface area contributed by atoms with Crippen LogP contribution < -0.4 is 10.1 Å². The molecule has 0 spiro atoms. The van der Waals surface area contributed by atoms with Gasteiger partial charge in [0.25, 0.3) is 0 Å². The van der Waals surface area contributed by atoms with E-state index < -0.39 is 5.97 Å². The molecule has 0 saturated carbocycles. The summed E-state index contributed by atoms with van der Waals surface area (Å²) >= 11 is 1.19. The largest absolute Gasteiger partial charge is 0.497 e. The van der Waals surface area contributed by atoms with Crippen molar-refractivity contribution in [2.45, 2.75) is 6.92 Å². The minimum Gasteiger partial charge on any atom is -0.497 e. The lowest BCUT2D eigenvalue weighted by Gasteiger charge is -2.00. The lowest BCUT2D eigenvalue weighted by Crippen LogP contribution is -2.06. The Bertz CT molecular complexity index is 749. The zero-order valence-corrected chi connectivity index (χ0v) is 13.9. The summed E-state index contributed by atoms with van der Waals surface area (Å²) in [5, 5.41) is 3.33. The summed E-state index contributed by atoms with van der Waals surface area (Å²) < 4.78 is 9.83. The molecule has 1 aromatic carbocycles. The molecule has 0 radical (unpaired) electrons. The predicted molar refractivity (Wildman–Crippen MR) is 91.1 cm³/mol. The molecule has 5 nitrogen and oxygen atoms in total. The second kappa shape index (κ2) is 7.60. The number of hydrogen-bond acceptors (Lipinski definition) is 5. The third-order valence-electron chi connectivity index (χ3n) is 3.06. The van der Waals surface area contributed by atoms with Gasteiger partial charge in [0.2, 0.25) is 5.91 Å². The van der Waals surface area contributed by atoms with Gasteiger partial charge in [-0.1, -0.05) is 12.1 Å². The highest BCUT2D eigenvalue weighted by molar-refractivity contribution is 7.18. The molecule has 23 heavy (non-hydrogen) atoms. The highest BCUT2D eigenvalue weighted by Crippen LogP contribution is 2.27. The zero-order chi connectivity index (χ0) is 16.8. The molecule has 0 unspecified atom stereocenters. The molecular weight excluding hydrogens is 314 g/mol. The summed E-state index contributed by atoms with van der Waals surface area (Å²) in [5.41, 5.74) is 1.63. The number of esters is 1. The third-order valence-corrected chi connectivity index (χ3v) is 4.19. The van der Waals surface area contributed by atoms with Gasteiger partial charge in [-0.15, -0.1) is 11.3 Å². The van der Waals surface area contributed by atoms with Gasteiger partial charge in [-0.2, -0.15) is 0 Å². The Balaban J connectivity index is 2.04. The number of ether oxygens (including phenoxy) is 2. The summed E-state index contributed by atoms with van der Waals surface area (Å²) in [6.07, 6.45) is 3.13. The maximum Gasteiger partial charge on any atom is 0.348 e. The average molecular weight is 331 g/mol. The van der Waals surface area contributed by atoms with Crippen LogP contribution in [-0.4, -0.2) is 26.1 Å². The molecule has 6 heteroatoms. The smallest absolute Gasteiger partial charge is 0.348 e. The number of thiophene rings is 1. The van der Waals surface area contributed by atoms with Gasteiger partial charge in [-0.3, -0.25) is 4.79 Å². The van der Waals surface area contributed by atoms with E-state index in [2.05, 4.69) is 5.32 Å². The van der Waals surface area contributed by atoms with Gasteiger partial charge in [-0.25, -0.2) is 4.79 Å². The van der Waals surface area contributed by atoms with E-state index in [1.165, 1.54) is 24.5 Å². The standard InChI is InChI=1S/C17H17NO4S/c1-11-9-15(23-16(11)17(20)22-3)18-14(19)8-7-12-5-4-6-13(10-12)21-2/h4-10H,1-3H3,(H,18,19)/b8-7+. The van der Waals surface area contributed by atoms with Gasteiger partial charge in [-0.05, 0) is 42.3 Å². The Kier molecular flexibility index (Phi) is 5.54. The molecule has 120 valence electrons. The molecule has 0 aliphatic rings. The highest BCUT2D eigenvalue weighted by Gasteiger charge is 2.14. The van der Waals surface area contributed by atoms with Gasteiger partial charge in [0.05, 0.1) is 19.2 Å². The van der Waals surface area contributed by atoms with E-state index in [0.717, 1.165) is 16.9 Å². The van der Waals surface area contributed by atoms with Crippen molar-refractivity contribution in [3.63, 3.8) is 0 Å². The first-order valence-electron chi connectivity index (χ1n) is 6.85. The van der Waals surface area contributed by atoms with Crippen LogP contribution in [0, 0.1) is 6.92 Å². The quantitative estimate of drug-likeness (QED) is 0.673. The fourth-order valence-electron chi connectivity index (χ4n) is 1.92. The Morgan fingerprint density at radius 1 is 1.22 bits per heavy atom. The van der Waals surface area contributed by atoms with E-state index in [1.54, 1.807) is 26.2 Å². The maximum absolute atomic E-state index is 12.0. The molecule has 0 saturated heterocycles. The van der Waals surface area contributed by atoms with Crippen LogP contribution in [0.2, 0.25) is 0 Å². The van der Waals surface area contributed by atoms with Crippen molar-refractivity contribution in [2.24, 2.45) is 0 Å². The Morgan fingerprint density at radius 2 is 2.00 bits per heavy atom. The van der Waals surface area contributed by atoms with Crippen molar-refractivity contribution in [3.05, 3.63) is 52.4 Å². The summed E-state index contributed by atoms with van der Waals surface area (Å²) in [5.74, 6) is 0.0505. The van der Waals surface area contributed by atoms with Crippen LogP contribution in [0.25, 0.3) is 6.08 Å². The van der Waals surface area contributed by atoms with E-state index in [1.807, 2.05) is 24.3 Å². The summed E-state index contributed by atoms with van der Waals surface area (Å²) in [4.78, 5) is 24.0. The molecule has 1 heterocycles. The van der Waals surface area contributed by atoms with Gasteiger partial charge < -0.3 is 14.8 Å². The van der Waals surface area contributed by atoms with E-state index in [9.17, 15) is 9.59 Å². The molecule has 2 rings (SSSR count). The van der Waals surface area contributed by atoms with Crippen molar-refractivity contribution < 1.29 is 19.1 Å². The number of rotatable bonds is 5. The first-order valence-corrected chi connectivity index (χ1v) is 7.67. The number of carbonyl (C=O) groups excluding carboxylic acids is 2. The SMILES string of the molecule is COC(=O)c1sc(NC(=O)/C=C/c2cccc(OC)c2)cc1C. The summed E-state index contributed by atoms with van der Waals surface area (Å²) in [6.45, 7) is 1.80. The summed E-state index contributed by atoms with van der Waals surface area (Å²) in [6, 6.07) is 9.13. The monoisotopic (exact) mass is 331 g/mol. The third kappa shape index (κ3) is 4.43. The fraction of sp³-hybridized carbons (Fsp3) is 0.176. The molecule has 1 aromatic heterocycles. The normalized spacial score (nSPS) is 10.6. The molecular formula is C17H17NO4S. The van der Waals surface area contributed by atoms with E-state index >= 15 is 0 Å². The van der Waals surface area contributed by atoms with Crippen molar-refractivity contribution in [1.29, 1.82) is 0 Å². The minimum atomic E-state index is -0.403. The number of aryl methyl sites for hydroxylation is 1. The van der Waals surface area contributed by atoms with Gasteiger partial charge in [0, 0.05) is 6.08 Å². The lowest BCUT2D eigenvalue weighted by atomic mass is 10.2. The second-order valence-corrected chi connectivity index (χ2v) is 5.77. The fourth-order valence-corrected chi connectivity index (χ4v) is 2.91. The van der Waals surface area contributed by atoms with Gasteiger partial charge in [0.1, 0.15) is 10.6 Å². The van der Waals surface area contributed by atoms with Crippen molar-refractivity contribution in [3.8, 4) is 5.75 Å². The van der Waals surface area contributed by atoms with Crippen LogP contribution in [0.4, 0.5) is 5.00 Å². The van der Waals surface area contributed by atoms with Crippen LogP contribution in [-0.2, 0) is 9.53 Å². The molecule has 1 N–H and O–H groups in total. The molecule has 0 atom stereocenters. The molecule has 0 aliphatic carbocycles. The number of benzene rings is 1.